The third-order valence-corrected chi connectivity index (χ3v) is 3.46. The summed E-state index contributed by atoms with van der Waals surface area (Å²) in [6, 6.07) is 0. The van der Waals surface area contributed by atoms with Gasteiger partial charge in [-0.2, -0.15) is 0 Å². The Labute approximate surface area is 72.2 Å². The molecular weight excluding hydrogens is 183 g/mol. The summed E-state index contributed by atoms with van der Waals surface area (Å²) >= 11 is 0. The zero-order valence-corrected chi connectivity index (χ0v) is 8.41. The number of aliphatic hydroxyl groups is 1. The highest BCUT2D eigenvalue weighted by atomic mass is 31.2. The normalized spacial score (nSPS) is 14.7. The number of ether oxygens (including phenoxy) is 1. The molecule has 0 aromatic rings. The van der Waals surface area contributed by atoms with Crippen molar-refractivity contribution >= 4 is 7.60 Å². The lowest BCUT2D eigenvalue weighted by molar-refractivity contribution is 0.123. The van der Waals surface area contributed by atoms with E-state index in [1.54, 1.807) is 0 Å². The van der Waals surface area contributed by atoms with E-state index in [0.717, 1.165) is 0 Å². The quantitative estimate of drug-likeness (QED) is 0.640. The summed E-state index contributed by atoms with van der Waals surface area (Å²) < 4.78 is 25.3. The lowest BCUT2D eigenvalue weighted by Gasteiger charge is -2.18. The van der Waals surface area contributed by atoms with Crippen molar-refractivity contribution in [3.63, 3.8) is 0 Å². The summed E-state index contributed by atoms with van der Waals surface area (Å²) in [5.41, 5.74) is 0. The first-order valence-corrected chi connectivity index (χ1v) is 5.10. The van der Waals surface area contributed by atoms with Gasteiger partial charge in [-0.25, -0.2) is 0 Å². The standard InChI is InChI=1S/C6H15O5P/c1-9-5-4-6(7)12(8,10-2)11-3/h6-7H,4-5H2,1-3H3. The van der Waals surface area contributed by atoms with Gasteiger partial charge < -0.3 is 18.9 Å². The molecular formula is C6H15O5P. The Morgan fingerprint density at radius 1 is 1.33 bits per heavy atom. The van der Waals surface area contributed by atoms with Gasteiger partial charge in [0.1, 0.15) is 0 Å². The molecule has 74 valence electrons. The van der Waals surface area contributed by atoms with Crippen molar-refractivity contribution in [1.29, 1.82) is 0 Å². The first-order chi connectivity index (χ1) is 5.60. The highest BCUT2D eigenvalue weighted by molar-refractivity contribution is 7.54. The number of hydrogen-bond acceptors (Lipinski definition) is 5. The van der Waals surface area contributed by atoms with Crippen LogP contribution in [0.5, 0.6) is 0 Å². The molecule has 0 saturated carbocycles. The second-order valence-corrected chi connectivity index (χ2v) is 4.57. The van der Waals surface area contributed by atoms with E-state index in [1.807, 2.05) is 0 Å². The predicted molar refractivity (Wildman–Crippen MR) is 44.1 cm³/mol. The molecule has 0 aliphatic heterocycles. The smallest absolute Gasteiger partial charge is 0.358 e. The highest BCUT2D eigenvalue weighted by Crippen LogP contribution is 2.51. The van der Waals surface area contributed by atoms with Gasteiger partial charge in [-0.15, -0.1) is 0 Å². The molecule has 0 heterocycles. The molecule has 1 atom stereocenters. The SMILES string of the molecule is COCCC(O)P(=O)(OC)OC. The average molecular weight is 198 g/mol. The van der Waals surface area contributed by atoms with E-state index in [0.29, 0.717) is 6.61 Å². The largest absolute Gasteiger partial charge is 0.385 e. The molecule has 5 nitrogen and oxygen atoms in total. The van der Waals surface area contributed by atoms with Crippen LogP contribution in [-0.4, -0.2) is 38.9 Å². The molecule has 0 spiro atoms. The summed E-state index contributed by atoms with van der Waals surface area (Å²) in [6.07, 6.45) is 0.232. The molecule has 0 fully saturated rings. The van der Waals surface area contributed by atoms with E-state index in [-0.39, 0.29) is 6.42 Å². The zero-order valence-electron chi connectivity index (χ0n) is 7.52. The third-order valence-electron chi connectivity index (χ3n) is 1.45. The van der Waals surface area contributed by atoms with Crippen LogP contribution in [0.4, 0.5) is 0 Å². The summed E-state index contributed by atoms with van der Waals surface area (Å²) in [5.74, 6) is -1.12. The lowest BCUT2D eigenvalue weighted by Crippen LogP contribution is -2.12. The fourth-order valence-electron chi connectivity index (χ4n) is 0.699. The summed E-state index contributed by atoms with van der Waals surface area (Å²) in [4.78, 5) is 0. The van der Waals surface area contributed by atoms with Crippen LogP contribution in [0.3, 0.4) is 0 Å². The molecule has 0 saturated heterocycles. The number of methoxy groups -OCH3 is 1. The monoisotopic (exact) mass is 198 g/mol. The summed E-state index contributed by atoms with van der Waals surface area (Å²) in [7, 11) is 0.644. The Morgan fingerprint density at radius 3 is 2.17 bits per heavy atom. The first kappa shape index (κ1) is 12.1. The van der Waals surface area contributed by atoms with Crippen molar-refractivity contribution in [2.24, 2.45) is 0 Å². The molecule has 0 aromatic heterocycles. The van der Waals surface area contributed by atoms with E-state index in [9.17, 15) is 9.67 Å². The fourth-order valence-corrected chi connectivity index (χ4v) is 1.76. The summed E-state index contributed by atoms with van der Waals surface area (Å²) in [6.45, 7) is 0.317. The Balaban J connectivity index is 4.03. The molecule has 6 heteroatoms. The van der Waals surface area contributed by atoms with Crippen LogP contribution in [-0.2, 0) is 18.3 Å². The maximum absolute atomic E-state index is 11.4. The Hall–Kier alpha value is 0.0700. The maximum atomic E-state index is 11.4. The fraction of sp³-hybridized carbons (Fsp3) is 1.00. The topological polar surface area (TPSA) is 65.0 Å². The van der Waals surface area contributed by atoms with Crippen molar-refractivity contribution in [2.75, 3.05) is 27.9 Å². The van der Waals surface area contributed by atoms with Crippen LogP contribution in [0.1, 0.15) is 6.42 Å². The minimum Gasteiger partial charge on any atom is -0.385 e. The van der Waals surface area contributed by atoms with E-state index in [1.165, 1.54) is 21.3 Å². The Morgan fingerprint density at radius 2 is 1.83 bits per heavy atom. The highest BCUT2D eigenvalue weighted by Gasteiger charge is 2.31. The van der Waals surface area contributed by atoms with Crippen molar-refractivity contribution in [3.05, 3.63) is 0 Å². The van der Waals surface area contributed by atoms with Crippen LogP contribution >= 0.6 is 7.60 Å². The zero-order chi connectivity index (χ0) is 9.61. The Bertz CT molecular complexity index is 152. The molecule has 12 heavy (non-hydrogen) atoms. The van der Waals surface area contributed by atoms with E-state index >= 15 is 0 Å². The van der Waals surface area contributed by atoms with Crippen LogP contribution < -0.4 is 0 Å². The molecule has 1 N–H and O–H groups in total. The molecule has 1 unspecified atom stereocenters. The number of hydrogen-bond donors (Lipinski definition) is 1. The molecule has 0 amide bonds. The van der Waals surface area contributed by atoms with Gasteiger partial charge in [-0.05, 0) is 0 Å². The predicted octanol–water partition coefficient (Wildman–Crippen LogP) is 0.827. The summed E-state index contributed by atoms with van der Waals surface area (Å²) in [5, 5.41) is 9.31. The van der Waals surface area contributed by atoms with Crippen LogP contribution in [0.15, 0.2) is 0 Å². The lowest BCUT2D eigenvalue weighted by atomic mass is 10.5. The van der Waals surface area contributed by atoms with E-state index < -0.39 is 13.4 Å². The van der Waals surface area contributed by atoms with Crippen LogP contribution in [0, 0.1) is 0 Å². The molecule has 0 bridgehead atoms. The first-order valence-electron chi connectivity index (χ1n) is 3.49. The third kappa shape index (κ3) is 3.21. The van der Waals surface area contributed by atoms with Gasteiger partial charge in [0.2, 0.25) is 0 Å². The number of aliphatic hydroxyl groups excluding tert-OH is 1. The molecule has 0 aliphatic carbocycles. The van der Waals surface area contributed by atoms with Gasteiger partial charge in [-0.1, -0.05) is 0 Å². The Kier molecular flexibility index (Phi) is 5.70. The van der Waals surface area contributed by atoms with Gasteiger partial charge in [0.05, 0.1) is 0 Å². The molecule has 0 radical (unpaired) electrons. The van der Waals surface area contributed by atoms with Gasteiger partial charge >= 0.3 is 7.60 Å². The van der Waals surface area contributed by atoms with Crippen molar-refractivity contribution in [1.82, 2.24) is 0 Å². The van der Waals surface area contributed by atoms with E-state index in [4.69, 9.17) is 4.74 Å². The van der Waals surface area contributed by atoms with Crippen molar-refractivity contribution < 1.29 is 23.5 Å². The van der Waals surface area contributed by atoms with Gasteiger partial charge in [0, 0.05) is 34.4 Å². The van der Waals surface area contributed by atoms with Gasteiger partial charge in [0.15, 0.2) is 5.85 Å². The van der Waals surface area contributed by atoms with Crippen LogP contribution in [0.25, 0.3) is 0 Å². The second-order valence-electron chi connectivity index (χ2n) is 2.17. The van der Waals surface area contributed by atoms with Crippen molar-refractivity contribution in [2.45, 2.75) is 12.3 Å². The molecule has 0 aromatic carbocycles. The minimum absolute atomic E-state index is 0.232. The number of rotatable bonds is 6. The van der Waals surface area contributed by atoms with E-state index in [2.05, 4.69) is 9.05 Å². The second kappa shape index (κ2) is 5.67. The van der Waals surface area contributed by atoms with Gasteiger partial charge in [0.25, 0.3) is 0 Å². The maximum Gasteiger partial charge on any atom is 0.358 e. The average Bonchev–Trinajstić information content (AvgIpc) is 2.12. The van der Waals surface area contributed by atoms with Crippen LogP contribution in [0.2, 0.25) is 0 Å². The minimum atomic E-state index is -3.33. The van der Waals surface area contributed by atoms with Gasteiger partial charge in [-0.3, -0.25) is 4.57 Å². The van der Waals surface area contributed by atoms with Crippen molar-refractivity contribution in [3.8, 4) is 0 Å². The molecule has 0 aliphatic rings. The molecule has 0 rings (SSSR count).